The van der Waals surface area contributed by atoms with Gasteiger partial charge < -0.3 is 28.4 Å². The zero-order valence-corrected chi connectivity index (χ0v) is 17.1. The average molecular weight is 394 g/mol. The summed E-state index contributed by atoms with van der Waals surface area (Å²) >= 11 is 0. The number of aryl methyl sites for hydroxylation is 1. The molecular formula is C21H30O7. The molecule has 0 unspecified atom stereocenters. The van der Waals surface area contributed by atoms with E-state index in [0.717, 1.165) is 11.3 Å². The van der Waals surface area contributed by atoms with E-state index in [-0.39, 0.29) is 24.8 Å². The monoisotopic (exact) mass is 394 g/mol. The van der Waals surface area contributed by atoms with Gasteiger partial charge in [-0.25, -0.2) is 0 Å². The number of hydrogen-bond donors (Lipinski definition) is 0. The molecule has 2 heterocycles. The van der Waals surface area contributed by atoms with Crippen LogP contribution in [0.2, 0.25) is 0 Å². The highest BCUT2D eigenvalue weighted by atomic mass is 16.8. The Morgan fingerprint density at radius 1 is 0.964 bits per heavy atom. The molecule has 0 radical (unpaired) electrons. The lowest BCUT2D eigenvalue weighted by Crippen LogP contribution is -2.25. The Balaban J connectivity index is 1.33. The first-order chi connectivity index (χ1) is 13.2. The van der Waals surface area contributed by atoms with E-state index in [0.29, 0.717) is 32.7 Å². The lowest BCUT2D eigenvalue weighted by atomic mass is 10.1. The molecule has 0 spiro atoms. The summed E-state index contributed by atoms with van der Waals surface area (Å²) in [6, 6.07) is 7.70. The van der Waals surface area contributed by atoms with Crippen LogP contribution in [0, 0.1) is 0 Å². The number of esters is 1. The van der Waals surface area contributed by atoms with E-state index in [2.05, 4.69) is 0 Å². The Labute approximate surface area is 166 Å². The van der Waals surface area contributed by atoms with Crippen LogP contribution in [-0.2, 0) is 34.9 Å². The molecule has 0 saturated carbocycles. The van der Waals surface area contributed by atoms with Crippen molar-refractivity contribution in [3.63, 3.8) is 0 Å². The number of carbonyl (C=O) groups is 1. The molecule has 2 atom stereocenters. The Hall–Kier alpha value is -1.67. The van der Waals surface area contributed by atoms with Crippen molar-refractivity contribution in [1.29, 1.82) is 0 Å². The average Bonchev–Trinajstić information content (AvgIpc) is 3.18. The normalized spacial score (nSPS) is 25.6. The highest BCUT2D eigenvalue weighted by molar-refractivity contribution is 5.69. The zero-order valence-electron chi connectivity index (χ0n) is 17.1. The molecule has 3 rings (SSSR count). The van der Waals surface area contributed by atoms with Crippen LogP contribution < -0.4 is 4.74 Å². The first-order valence-electron chi connectivity index (χ1n) is 9.72. The second kappa shape index (κ2) is 8.78. The lowest BCUT2D eigenvalue weighted by molar-refractivity contribution is -0.158. The van der Waals surface area contributed by atoms with Gasteiger partial charge in [0.15, 0.2) is 11.6 Å². The number of hydrogen-bond acceptors (Lipinski definition) is 7. The highest BCUT2D eigenvalue weighted by Crippen LogP contribution is 2.24. The van der Waals surface area contributed by atoms with E-state index in [1.165, 1.54) is 0 Å². The summed E-state index contributed by atoms with van der Waals surface area (Å²) in [5.74, 6) is -0.622. The smallest absolute Gasteiger partial charge is 0.306 e. The maximum absolute atomic E-state index is 11.9. The first kappa shape index (κ1) is 21.0. The van der Waals surface area contributed by atoms with Crippen LogP contribution >= 0.6 is 0 Å². The summed E-state index contributed by atoms with van der Waals surface area (Å²) in [7, 11) is 0. The Bertz CT molecular complexity index is 653. The second-order valence-corrected chi connectivity index (χ2v) is 8.04. The molecule has 2 fully saturated rings. The van der Waals surface area contributed by atoms with Crippen LogP contribution in [0.4, 0.5) is 0 Å². The minimum absolute atomic E-state index is 0.0655. The number of ether oxygens (including phenoxy) is 6. The Morgan fingerprint density at radius 3 is 2.07 bits per heavy atom. The zero-order chi connectivity index (χ0) is 20.2. The van der Waals surface area contributed by atoms with Crippen molar-refractivity contribution >= 4 is 5.97 Å². The van der Waals surface area contributed by atoms with Gasteiger partial charge >= 0.3 is 5.97 Å². The fourth-order valence-corrected chi connectivity index (χ4v) is 3.14. The van der Waals surface area contributed by atoms with Crippen molar-refractivity contribution < 1.29 is 33.2 Å². The van der Waals surface area contributed by atoms with Gasteiger partial charge in [0.1, 0.15) is 31.2 Å². The maximum atomic E-state index is 11.9. The third kappa shape index (κ3) is 6.44. The van der Waals surface area contributed by atoms with E-state index in [1.807, 2.05) is 52.0 Å². The maximum Gasteiger partial charge on any atom is 0.306 e. The number of rotatable bonds is 8. The van der Waals surface area contributed by atoms with Gasteiger partial charge in [0.05, 0.1) is 13.2 Å². The molecule has 0 amide bonds. The van der Waals surface area contributed by atoms with Gasteiger partial charge in [-0.2, -0.15) is 0 Å². The molecule has 0 bridgehead atoms. The van der Waals surface area contributed by atoms with Crippen molar-refractivity contribution in [3.05, 3.63) is 29.8 Å². The van der Waals surface area contributed by atoms with Gasteiger partial charge in [0.2, 0.25) is 0 Å². The van der Waals surface area contributed by atoms with E-state index in [9.17, 15) is 4.79 Å². The van der Waals surface area contributed by atoms with Gasteiger partial charge in [0, 0.05) is 6.42 Å². The molecule has 156 valence electrons. The quantitative estimate of drug-likeness (QED) is 0.628. The molecule has 7 heteroatoms. The van der Waals surface area contributed by atoms with Gasteiger partial charge in [0.25, 0.3) is 0 Å². The van der Waals surface area contributed by atoms with Crippen LogP contribution in [-0.4, -0.2) is 56.2 Å². The van der Waals surface area contributed by atoms with E-state index >= 15 is 0 Å². The summed E-state index contributed by atoms with van der Waals surface area (Å²) in [5, 5.41) is 0. The van der Waals surface area contributed by atoms with Crippen molar-refractivity contribution in [2.75, 3.05) is 26.4 Å². The third-order valence-electron chi connectivity index (χ3n) is 4.54. The lowest BCUT2D eigenvalue weighted by Gasteiger charge is -2.17. The molecule has 1 aromatic rings. The Morgan fingerprint density at radius 2 is 1.54 bits per heavy atom. The summed E-state index contributed by atoms with van der Waals surface area (Å²) in [5.41, 5.74) is 1.05. The largest absolute Gasteiger partial charge is 0.491 e. The summed E-state index contributed by atoms with van der Waals surface area (Å²) in [6.07, 6.45) is 0.666. The third-order valence-corrected chi connectivity index (χ3v) is 4.54. The van der Waals surface area contributed by atoms with Crippen molar-refractivity contribution in [2.24, 2.45) is 0 Å². The molecule has 28 heavy (non-hydrogen) atoms. The van der Waals surface area contributed by atoms with Gasteiger partial charge in [-0.3, -0.25) is 4.79 Å². The minimum atomic E-state index is -0.603. The molecule has 0 N–H and O–H groups in total. The number of carbonyl (C=O) groups excluding carboxylic acids is 1. The van der Waals surface area contributed by atoms with E-state index in [4.69, 9.17) is 28.4 Å². The fourth-order valence-electron chi connectivity index (χ4n) is 3.14. The van der Waals surface area contributed by atoms with E-state index < -0.39 is 11.6 Å². The van der Waals surface area contributed by atoms with Crippen molar-refractivity contribution in [3.8, 4) is 5.75 Å². The molecule has 2 aliphatic heterocycles. The standard InChI is InChI=1S/C21H30O7/c1-20(2)25-13-17(27-20)11-23-16-8-5-15(6-9-16)7-10-19(22)24-12-18-14-26-21(3,4)28-18/h5-6,8-9,17-18H,7,10-14H2,1-4H3/t17-,18-/m1/s1. The second-order valence-electron chi connectivity index (χ2n) is 8.04. The summed E-state index contributed by atoms with van der Waals surface area (Å²) in [6.45, 7) is 9.11. The van der Waals surface area contributed by atoms with Gasteiger partial charge in [-0.15, -0.1) is 0 Å². The van der Waals surface area contributed by atoms with Crippen LogP contribution in [0.3, 0.4) is 0 Å². The topological polar surface area (TPSA) is 72.5 Å². The SMILES string of the molecule is CC1(C)OC[C@@H](COC(=O)CCc2ccc(OC[C@@H]3COC(C)(C)O3)cc2)O1. The molecular weight excluding hydrogens is 364 g/mol. The fraction of sp³-hybridized carbons (Fsp3) is 0.667. The minimum Gasteiger partial charge on any atom is -0.491 e. The van der Waals surface area contributed by atoms with Gasteiger partial charge in [-0.1, -0.05) is 12.1 Å². The van der Waals surface area contributed by atoms with E-state index in [1.54, 1.807) is 0 Å². The summed E-state index contributed by atoms with van der Waals surface area (Å²) < 4.78 is 33.3. The highest BCUT2D eigenvalue weighted by Gasteiger charge is 2.34. The van der Waals surface area contributed by atoms with Crippen LogP contribution in [0.1, 0.15) is 39.7 Å². The molecule has 2 saturated heterocycles. The molecule has 1 aromatic carbocycles. The predicted molar refractivity (Wildman–Crippen MR) is 101 cm³/mol. The predicted octanol–water partition coefficient (Wildman–Crippen LogP) is 2.84. The van der Waals surface area contributed by atoms with Gasteiger partial charge in [-0.05, 0) is 51.8 Å². The summed E-state index contributed by atoms with van der Waals surface area (Å²) in [4.78, 5) is 11.9. The van der Waals surface area contributed by atoms with Crippen LogP contribution in [0.25, 0.3) is 0 Å². The first-order valence-corrected chi connectivity index (χ1v) is 9.72. The van der Waals surface area contributed by atoms with Crippen molar-refractivity contribution in [1.82, 2.24) is 0 Å². The molecule has 0 aliphatic carbocycles. The Kier molecular flexibility index (Phi) is 6.60. The van der Waals surface area contributed by atoms with Crippen LogP contribution in [0.5, 0.6) is 5.75 Å². The number of benzene rings is 1. The molecule has 0 aromatic heterocycles. The van der Waals surface area contributed by atoms with Crippen molar-refractivity contribution in [2.45, 2.75) is 64.3 Å². The molecule has 2 aliphatic rings. The van der Waals surface area contributed by atoms with Crippen LogP contribution in [0.15, 0.2) is 24.3 Å². The molecule has 7 nitrogen and oxygen atoms in total.